The molecule has 2 N–H and O–H groups in total. The Bertz CT molecular complexity index is 748. The second-order valence-electron chi connectivity index (χ2n) is 4.20. The number of rotatable bonds is 3. The van der Waals surface area contributed by atoms with Gasteiger partial charge < -0.3 is 0 Å². The maximum Gasteiger partial charge on any atom is 0.270 e. The fourth-order valence-electron chi connectivity index (χ4n) is 1.66. The van der Waals surface area contributed by atoms with Gasteiger partial charge in [-0.3, -0.25) is 30.6 Å². The van der Waals surface area contributed by atoms with Crippen molar-refractivity contribution in [2.45, 2.75) is 0 Å². The SMILES string of the molecule is O=C(NNC(=O)c1ccccc1Br)c1cccc([N+](=O)[O-])c1. The molecule has 0 saturated carbocycles. The molecule has 2 aromatic rings. The molecule has 0 heterocycles. The molecule has 2 aromatic carbocycles. The Morgan fingerprint density at radius 2 is 1.68 bits per heavy atom. The fraction of sp³-hybridized carbons (Fsp3) is 0. The minimum Gasteiger partial charge on any atom is -0.267 e. The highest BCUT2D eigenvalue weighted by molar-refractivity contribution is 9.10. The largest absolute Gasteiger partial charge is 0.270 e. The molecule has 0 aliphatic rings. The Labute approximate surface area is 133 Å². The molecular weight excluding hydrogens is 354 g/mol. The Hall–Kier alpha value is -2.74. The molecule has 0 radical (unpaired) electrons. The van der Waals surface area contributed by atoms with E-state index < -0.39 is 16.7 Å². The van der Waals surface area contributed by atoms with E-state index in [9.17, 15) is 19.7 Å². The first-order valence-electron chi connectivity index (χ1n) is 6.08. The lowest BCUT2D eigenvalue weighted by Crippen LogP contribution is -2.41. The van der Waals surface area contributed by atoms with Gasteiger partial charge in [-0.15, -0.1) is 0 Å². The van der Waals surface area contributed by atoms with E-state index >= 15 is 0 Å². The first kappa shape index (κ1) is 15.6. The van der Waals surface area contributed by atoms with Crippen LogP contribution >= 0.6 is 15.9 Å². The van der Waals surface area contributed by atoms with Crippen molar-refractivity contribution in [3.05, 3.63) is 74.2 Å². The van der Waals surface area contributed by atoms with E-state index in [0.29, 0.717) is 10.0 Å². The van der Waals surface area contributed by atoms with Crippen molar-refractivity contribution >= 4 is 33.4 Å². The van der Waals surface area contributed by atoms with E-state index in [1.54, 1.807) is 24.3 Å². The highest BCUT2D eigenvalue weighted by atomic mass is 79.9. The van der Waals surface area contributed by atoms with E-state index in [2.05, 4.69) is 26.8 Å². The third-order valence-electron chi connectivity index (χ3n) is 2.73. The Morgan fingerprint density at radius 3 is 2.36 bits per heavy atom. The van der Waals surface area contributed by atoms with Gasteiger partial charge in [-0.2, -0.15) is 0 Å². The van der Waals surface area contributed by atoms with Crippen LogP contribution in [0.3, 0.4) is 0 Å². The number of hydrogen-bond donors (Lipinski definition) is 2. The molecule has 112 valence electrons. The van der Waals surface area contributed by atoms with Crippen LogP contribution in [0.15, 0.2) is 53.0 Å². The van der Waals surface area contributed by atoms with Gasteiger partial charge in [-0.05, 0) is 34.1 Å². The van der Waals surface area contributed by atoms with Gasteiger partial charge in [0, 0.05) is 22.2 Å². The zero-order valence-corrected chi connectivity index (χ0v) is 12.7. The van der Waals surface area contributed by atoms with Gasteiger partial charge >= 0.3 is 0 Å². The number of benzene rings is 2. The Morgan fingerprint density at radius 1 is 1.00 bits per heavy atom. The summed E-state index contributed by atoms with van der Waals surface area (Å²) in [7, 11) is 0. The maximum atomic E-state index is 11.9. The van der Waals surface area contributed by atoms with Crippen LogP contribution in [0.5, 0.6) is 0 Å². The monoisotopic (exact) mass is 363 g/mol. The molecule has 2 rings (SSSR count). The molecule has 0 aliphatic carbocycles. The topological polar surface area (TPSA) is 101 Å². The van der Waals surface area contributed by atoms with E-state index in [0.717, 1.165) is 6.07 Å². The fourth-order valence-corrected chi connectivity index (χ4v) is 2.12. The van der Waals surface area contributed by atoms with Gasteiger partial charge in [-0.25, -0.2) is 0 Å². The van der Waals surface area contributed by atoms with E-state index in [4.69, 9.17) is 0 Å². The summed E-state index contributed by atoms with van der Waals surface area (Å²) in [5, 5.41) is 10.7. The predicted molar refractivity (Wildman–Crippen MR) is 82.2 cm³/mol. The number of non-ortho nitro benzene ring substituents is 1. The third kappa shape index (κ3) is 3.67. The normalized spacial score (nSPS) is 9.86. The van der Waals surface area contributed by atoms with E-state index in [1.165, 1.54) is 18.2 Å². The summed E-state index contributed by atoms with van der Waals surface area (Å²) in [6.07, 6.45) is 0. The van der Waals surface area contributed by atoms with Crippen molar-refractivity contribution in [3.8, 4) is 0 Å². The van der Waals surface area contributed by atoms with Crippen LogP contribution in [-0.4, -0.2) is 16.7 Å². The second-order valence-corrected chi connectivity index (χ2v) is 5.05. The standard InChI is InChI=1S/C14H10BrN3O4/c15-12-7-2-1-6-11(12)14(20)17-16-13(19)9-4-3-5-10(8-9)18(21)22/h1-8H,(H,16,19)(H,17,20). The zero-order chi connectivity index (χ0) is 16.1. The predicted octanol–water partition coefficient (Wildman–Crippen LogP) is 2.43. The summed E-state index contributed by atoms with van der Waals surface area (Å²) in [4.78, 5) is 33.9. The molecule has 0 fully saturated rings. The minimum atomic E-state index is -0.649. The quantitative estimate of drug-likeness (QED) is 0.645. The van der Waals surface area contributed by atoms with Crippen molar-refractivity contribution < 1.29 is 14.5 Å². The molecule has 7 nitrogen and oxygen atoms in total. The second kappa shape index (κ2) is 6.81. The summed E-state index contributed by atoms with van der Waals surface area (Å²) in [5.74, 6) is -1.16. The molecule has 0 atom stereocenters. The highest BCUT2D eigenvalue weighted by Gasteiger charge is 2.13. The van der Waals surface area contributed by atoms with Crippen molar-refractivity contribution in [2.75, 3.05) is 0 Å². The number of nitrogens with zero attached hydrogens (tertiary/aromatic N) is 1. The van der Waals surface area contributed by atoms with Crippen LogP contribution in [0.4, 0.5) is 5.69 Å². The van der Waals surface area contributed by atoms with Crippen LogP contribution in [0.1, 0.15) is 20.7 Å². The molecule has 22 heavy (non-hydrogen) atoms. The lowest BCUT2D eigenvalue weighted by molar-refractivity contribution is -0.384. The van der Waals surface area contributed by atoms with Crippen molar-refractivity contribution in [3.63, 3.8) is 0 Å². The van der Waals surface area contributed by atoms with Crippen LogP contribution in [0.25, 0.3) is 0 Å². The minimum absolute atomic E-state index is 0.0710. The molecule has 0 saturated heterocycles. The number of carbonyl (C=O) groups is 2. The van der Waals surface area contributed by atoms with Gasteiger partial charge in [0.15, 0.2) is 0 Å². The molecular formula is C14H10BrN3O4. The van der Waals surface area contributed by atoms with Gasteiger partial charge in [0.25, 0.3) is 17.5 Å². The molecule has 0 bridgehead atoms. The third-order valence-corrected chi connectivity index (χ3v) is 3.42. The van der Waals surface area contributed by atoms with Gasteiger partial charge in [-0.1, -0.05) is 18.2 Å². The van der Waals surface area contributed by atoms with Crippen molar-refractivity contribution in [1.29, 1.82) is 0 Å². The Kier molecular flexibility index (Phi) is 4.84. The van der Waals surface area contributed by atoms with E-state index in [-0.39, 0.29) is 11.3 Å². The molecule has 0 spiro atoms. The first-order valence-corrected chi connectivity index (χ1v) is 6.88. The summed E-state index contributed by atoms with van der Waals surface area (Å²) in [6.45, 7) is 0. The number of amides is 2. The molecule has 8 heteroatoms. The van der Waals surface area contributed by atoms with Gasteiger partial charge in [0.05, 0.1) is 10.5 Å². The molecule has 0 aliphatic heterocycles. The Balaban J connectivity index is 2.04. The number of nitrogens with one attached hydrogen (secondary N) is 2. The maximum absolute atomic E-state index is 11.9. The number of carbonyl (C=O) groups excluding carboxylic acids is 2. The smallest absolute Gasteiger partial charge is 0.267 e. The number of halogens is 1. The first-order chi connectivity index (χ1) is 10.5. The summed E-state index contributed by atoms with van der Waals surface area (Å²) in [6, 6.07) is 11.9. The van der Waals surface area contributed by atoms with Crippen LogP contribution in [0, 0.1) is 10.1 Å². The summed E-state index contributed by atoms with van der Waals surface area (Å²) >= 11 is 3.23. The molecule has 2 amide bonds. The highest BCUT2D eigenvalue weighted by Crippen LogP contribution is 2.15. The van der Waals surface area contributed by atoms with Crippen molar-refractivity contribution in [2.24, 2.45) is 0 Å². The van der Waals surface area contributed by atoms with Gasteiger partial charge in [0.1, 0.15) is 0 Å². The molecule has 0 unspecified atom stereocenters. The lowest BCUT2D eigenvalue weighted by atomic mass is 10.2. The van der Waals surface area contributed by atoms with Crippen LogP contribution in [0.2, 0.25) is 0 Å². The zero-order valence-electron chi connectivity index (χ0n) is 11.1. The van der Waals surface area contributed by atoms with Crippen molar-refractivity contribution in [1.82, 2.24) is 10.9 Å². The summed E-state index contributed by atoms with van der Waals surface area (Å²) in [5.41, 5.74) is 4.67. The van der Waals surface area contributed by atoms with Crippen LogP contribution in [-0.2, 0) is 0 Å². The lowest BCUT2D eigenvalue weighted by Gasteiger charge is -2.08. The average molecular weight is 364 g/mol. The van der Waals surface area contributed by atoms with Crippen LogP contribution < -0.4 is 10.9 Å². The van der Waals surface area contributed by atoms with Gasteiger partial charge in [0.2, 0.25) is 0 Å². The molecule has 0 aromatic heterocycles. The number of hydrogen-bond acceptors (Lipinski definition) is 4. The summed E-state index contributed by atoms with van der Waals surface area (Å²) < 4.78 is 0.581. The van der Waals surface area contributed by atoms with E-state index in [1.807, 2.05) is 0 Å². The number of hydrazine groups is 1. The average Bonchev–Trinajstić information content (AvgIpc) is 2.52. The number of nitro benzene ring substituents is 1. The number of nitro groups is 1.